The summed E-state index contributed by atoms with van der Waals surface area (Å²) in [4.78, 5) is 11.4. The number of nitrogens with one attached hydrogen (secondary N) is 1. The molecule has 1 heterocycles. The molecule has 0 saturated carbocycles. The van der Waals surface area contributed by atoms with Crippen LogP contribution in [-0.4, -0.2) is 16.6 Å². The Labute approximate surface area is 127 Å². The van der Waals surface area contributed by atoms with E-state index in [1.807, 2.05) is 11.4 Å². The monoisotopic (exact) mass is 306 g/mol. The number of nitro benzene ring substituents is 1. The van der Waals surface area contributed by atoms with E-state index in [1.165, 1.54) is 17.0 Å². The van der Waals surface area contributed by atoms with Crippen molar-refractivity contribution < 1.29 is 10.0 Å². The summed E-state index contributed by atoms with van der Waals surface area (Å²) in [5.74, 6) is 0. The first-order valence-electron chi connectivity index (χ1n) is 6.81. The van der Waals surface area contributed by atoms with Crippen LogP contribution in [0, 0.1) is 10.1 Å². The molecule has 1 aromatic heterocycles. The predicted molar refractivity (Wildman–Crippen MR) is 83.4 cm³/mol. The first-order chi connectivity index (χ1) is 10.1. The summed E-state index contributed by atoms with van der Waals surface area (Å²) in [6.07, 6.45) is 0.257. The van der Waals surface area contributed by atoms with E-state index in [4.69, 9.17) is 0 Å². The van der Waals surface area contributed by atoms with Crippen LogP contribution in [0.15, 0.2) is 41.8 Å². The van der Waals surface area contributed by atoms with Crippen molar-refractivity contribution in [2.75, 3.05) is 6.54 Å². The number of hydrogen-bond donors (Lipinski definition) is 2. The van der Waals surface area contributed by atoms with Crippen molar-refractivity contribution in [3.8, 4) is 0 Å². The molecule has 0 fully saturated rings. The van der Waals surface area contributed by atoms with E-state index in [-0.39, 0.29) is 11.7 Å². The van der Waals surface area contributed by atoms with Gasteiger partial charge in [0.05, 0.1) is 11.0 Å². The SMILES string of the molecule is CCC(NCC(O)c1ccc([N+](=O)[O-])cc1)c1cccs1. The second kappa shape index (κ2) is 7.31. The molecule has 1 aromatic carbocycles. The van der Waals surface area contributed by atoms with E-state index in [0.29, 0.717) is 12.1 Å². The molecule has 0 amide bonds. The molecule has 2 aromatic rings. The zero-order valence-electron chi connectivity index (χ0n) is 11.7. The first-order valence-corrected chi connectivity index (χ1v) is 7.69. The van der Waals surface area contributed by atoms with Crippen LogP contribution in [0.5, 0.6) is 0 Å². The van der Waals surface area contributed by atoms with Gasteiger partial charge in [0.15, 0.2) is 0 Å². The Kier molecular flexibility index (Phi) is 5.44. The molecule has 0 aliphatic rings. The zero-order chi connectivity index (χ0) is 15.2. The van der Waals surface area contributed by atoms with Crippen molar-refractivity contribution in [2.45, 2.75) is 25.5 Å². The number of hydrogen-bond acceptors (Lipinski definition) is 5. The van der Waals surface area contributed by atoms with Gasteiger partial charge >= 0.3 is 0 Å². The lowest BCUT2D eigenvalue weighted by Crippen LogP contribution is -2.25. The maximum absolute atomic E-state index is 10.6. The number of benzene rings is 1. The molecule has 0 radical (unpaired) electrons. The van der Waals surface area contributed by atoms with Gasteiger partial charge in [-0.1, -0.05) is 13.0 Å². The Hall–Kier alpha value is -1.76. The van der Waals surface area contributed by atoms with E-state index < -0.39 is 11.0 Å². The molecular formula is C15H18N2O3S. The van der Waals surface area contributed by atoms with E-state index in [1.54, 1.807) is 23.5 Å². The standard InChI is InChI=1S/C15H18N2O3S/c1-2-13(15-4-3-9-21-15)16-10-14(18)11-5-7-12(8-6-11)17(19)20/h3-9,13-14,16,18H,2,10H2,1H3. The van der Waals surface area contributed by atoms with Crippen LogP contribution in [0.4, 0.5) is 5.69 Å². The molecular weight excluding hydrogens is 288 g/mol. The Morgan fingerprint density at radius 2 is 2.05 bits per heavy atom. The van der Waals surface area contributed by atoms with Gasteiger partial charge in [0.25, 0.3) is 5.69 Å². The molecule has 2 unspecified atom stereocenters. The quantitative estimate of drug-likeness (QED) is 0.607. The number of thiophene rings is 1. The van der Waals surface area contributed by atoms with Gasteiger partial charge in [-0.15, -0.1) is 11.3 Å². The smallest absolute Gasteiger partial charge is 0.269 e. The highest BCUT2D eigenvalue weighted by atomic mass is 32.1. The fourth-order valence-electron chi connectivity index (χ4n) is 2.13. The van der Waals surface area contributed by atoms with Crippen molar-refractivity contribution in [1.82, 2.24) is 5.32 Å². The summed E-state index contributed by atoms with van der Waals surface area (Å²) in [5, 5.41) is 26.1. The van der Waals surface area contributed by atoms with Crippen molar-refractivity contribution in [3.63, 3.8) is 0 Å². The van der Waals surface area contributed by atoms with Gasteiger partial charge in [-0.2, -0.15) is 0 Å². The van der Waals surface area contributed by atoms with Crippen LogP contribution in [0.1, 0.15) is 35.9 Å². The molecule has 0 spiro atoms. The van der Waals surface area contributed by atoms with Crippen LogP contribution in [0.25, 0.3) is 0 Å². The molecule has 0 aliphatic heterocycles. The Morgan fingerprint density at radius 3 is 2.57 bits per heavy atom. The molecule has 6 heteroatoms. The van der Waals surface area contributed by atoms with Gasteiger partial charge in [0, 0.05) is 29.6 Å². The number of aliphatic hydroxyl groups excluding tert-OH is 1. The van der Waals surface area contributed by atoms with Crippen LogP contribution >= 0.6 is 11.3 Å². The van der Waals surface area contributed by atoms with Crippen molar-refractivity contribution >= 4 is 17.0 Å². The van der Waals surface area contributed by atoms with Gasteiger partial charge in [-0.25, -0.2) is 0 Å². The minimum atomic E-state index is -0.681. The minimum Gasteiger partial charge on any atom is -0.387 e. The maximum Gasteiger partial charge on any atom is 0.269 e. The Balaban J connectivity index is 1.94. The number of rotatable bonds is 7. The summed E-state index contributed by atoms with van der Waals surface area (Å²) in [5.41, 5.74) is 0.707. The molecule has 2 rings (SSSR count). The topological polar surface area (TPSA) is 75.4 Å². The fraction of sp³-hybridized carbons (Fsp3) is 0.333. The zero-order valence-corrected chi connectivity index (χ0v) is 12.5. The highest BCUT2D eigenvalue weighted by Gasteiger charge is 2.14. The second-order valence-corrected chi connectivity index (χ2v) is 5.73. The summed E-state index contributed by atoms with van der Waals surface area (Å²) in [7, 11) is 0. The summed E-state index contributed by atoms with van der Waals surface area (Å²) in [6, 6.07) is 10.3. The van der Waals surface area contributed by atoms with Gasteiger partial charge in [-0.3, -0.25) is 10.1 Å². The molecule has 0 aliphatic carbocycles. The molecule has 0 bridgehead atoms. The summed E-state index contributed by atoms with van der Waals surface area (Å²) < 4.78 is 0. The van der Waals surface area contributed by atoms with Gasteiger partial charge in [0.1, 0.15) is 0 Å². The average molecular weight is 306 g/mol. The molecule has 0 saturated heterocycles. The lowest BCUT2D eigenvalue weighted by atomic mass is 10.1. The molecule has 5 nitrogen and oxygen atoms in total. The van der Waals surface area contributed by atoms with E-state index in [2.05, 4.69) is 18.3 Å². The summed E-state index contributed by atoms with van der Waals surface area (Å²) >= 11 is 1.69. The Bertz CT molecular complexity index is 569. The van der Waals surface area contributed by atoms with E-state index in [0.717, 1.165) is 6.42 Å². The minimum absolute atomic E-state index is 0.0314. The van der Waals surface area contributed by atoms with Gasteiger partial charge in [-0.05, 0) is 35.6 Å². The third-order valence-corrected chi connectivity index (χ3v) is 4.33. The molecule has 112 valence electrons. The van der Waals surface area contributed by atoms with E-state index in [9.17, 15) is 15.2 Å². The summed E-state index contributed by atoms with van der Waals surface area (Å²) in [6.45, 7) is 2.50. The highest BCUT2D eigenvalue weighted by Crippen LogP contribution is 2.23. The predicted octanol–water partition coefficient (Wildman–Crippen LogP) is 3.43. The maximum atomic E-state index is 10.6. The fourth-order valence-corrected chi connectivity index (χ4v) is 3.01. The largest absolute Gasteiger partial charge is 0.387 e. The number of nitro groups is 1. The molecule has 21 heavy (non-hydrogen) atoms. The van der Waals surface area contributed by atoms with E-state index >= 15 is 0 Å². The number of non-ortho nitro benzene ring substituents is 1. The normalized spacial score (nSPS) is 13.8. The van der Waals surface area contributed by atoms with Crippen molar-refractivity contribution in [3.05, 3.63) is 62.3 Å². The lowest BCUT2D eigenvalue weighted by molar-refractivity contribution is -0.384. The van der Waals surface area contributed by atoms with Gasteiger partial charge in [0.2, 0.25) is 0 Å². The third kappa shape index (κ3) is 4.10. The average Bonchev–Trinajstić information content (AvgIpc) is 3.02. The highest BCUT2D eigenvalue weighted by molar-refractivity contribution is 7.10. The number of aliphatic hydroxyl groups is 1. The van der Waals surface area contributed by atoms with Crippen LogP contribution < -0.4 is 5.32 Å². The van der Waals surface area contributed by atoms with Gasteiger partial charge < -0.3 is 10.4 Å². The van der Waals surface area contributed by atoms with Crippen LogP contribution in [-0.2, 0) is 0 Å². The second-order valence-electron chi connectivity index (χ2n) is 4.75. The Morgan fingerprint density at radius 1 is 1.33 bits per heavy atom. The molecule has 2 atom stereocenters. The van der Waals surface area contributed by atoms with Crippen LogP contribution in [0.2, 0.25) is 0 Å². The molecule has 2 N–H and O–H groups in total. The lowest BCUT2D eigenvalue weighted by Gasteiger charge is -2.18. The third-order valence-electron chi connectivity index (χ3n) is 3.34. The van der Waals surface area contributed by atoms with Crippen LogP contribution in [0.3, 0.4) is 0 Å². The van der Waals surface area contributed by atoms with Crippen molar-refractivity contribution in [1.29, 1.82) is 0 Å². The number of nitrogens with zero attached hydrogens (tertiary/aromatic N) is 1. The van der Waals surface area contributed by atoms with Crippen molar-refractivity contribution in [2.24, 2.45) is 0 Å². The first kappa shape index (κ1) is 15.6.